The zero-order valence-electron chi connectivity index (χ0n) is 11.8. The standard InChI is InChI=1S/C17H17Cl2NO/c1-11(13-7-6-12(18)10-15(13)19)20-16-8-9-21-17-5-3-2-4-14(16)17/h2-7,10-11,16,20H,8-9H2,1H3. The molecule has 0 saturated carbocycles. The molecule has 2 aromatic carbocycles. The second-order valence-electron chi connectivity index (χ2n) is 5.28. The maximum absolute atomic E-state index is 6.29. The molecule has 21 heavy (non-hydrogen) atoms. The number of rotatable bonds is 3. The third-order valence-electron chi connectivity index (χ3n) is 3.84. The summed E-state index contributed by atoms with van der Waals surface area (Å²) >= 11 is 12.3. The van der Waals surface area contributed by atoms with Crippen molar-refractivity contribution in [2.24, 2.45) is 0 Å². The molecule has 0 saturated heterocycles. The zero-order chi connectivity index (χ0) is 14.8. The van der Waals surface area contributed by atoms with Crippen LogP contribution in [0.2, 0.25) is 10.0 Å². The van der Waals surface area contributed by atoms with Crippen molar-refractivity contribution in [3.8, 4) is 5.75 Å². The van der Waals surface area contributed by atoms with Crippen LogP contribution in [0, 0.1) is 0 Å². The van der Waals surface area contributed by atoms with Crippen LogP contribution in [-0.2, 0) is 0 Å². The summed E-state index contributed by atoms with van der Waals surface area (Å²) in [6.45, 7) is 2.85. The van der Waals surface area contributed by atoms with Crippen LogP contribution in [-0.4, -0.2) is 6.61 Å². The second-order valence-corrected chi connectivity index (χ2v) is 6.13. The molecule has 0 fully saturated rings. The van der Waals surface area contributed by atoms with E-state index in [1.54, 1.807) is 6.07 Å². The van der Waals surface area contributed by atoms with Gasteiger partial charge in [0.15, 0.2) is 0 Å². The van der Waals surface area contributed by atoms with E-state index in [0.717, 1.165) is 24.3 Å². The van der Waals surface area contributed by atoms with E-state index in [2.05, 4.69) is 18.3 Å². The summed E-state index contributed by atoms with van der Waals surface area (Å²) < 4.78 is 5.70. The average molecular weight is 322 g/mol. The highest BCUT2D eigenvalue weighted by Gasteiger charge is 2.23. The van der Waals surface area contributed by atoms with E-state index < -0.39 is 0 Å². The van der Waals surface area contributed by atoms with Crippen molar-refractivity contribution in [1.29, 1.82) is 0 Å². The highest BCUT2D eigenvalue weighted by molar-refractivity contribution is 6.35. The van der Waals surface area contributed by atoms with E-state index in [4.69, 9.17) is 27.9 Å². The van der Waals surface area contributed by atoms with Crippen molar-refractivity contribution in [3.05, 3.63) is 63.6 Å². The van der Waals surface area contributed by atoms with E-state index in [1.807, 2.05) is 30.3 Å². The molecule has 4 heteroatoms. The topological polar surface area (TPSA) is 21.3 Å². The fourth-order valence-electron chi connectivity index (χ4n) is 2.76. The van der Waals surface area contributed by atoms with Gasteiger partial charge in [-0.15, -0.1) is 0 Å². The number of benzene rings is 2. The quantitative estimate of drug-likeness (QED) is 0.842. The van der Waals surface area contributed by atoms with Crippen molar-refractivity contribution in [2.75, 3.05) is 6.61 Å². The molecule has 1 aliphatic heterocycles. The average Bonchev–Trinajstić information content (AvgIpc) is 2.47. The van der Waals surface area contributed by atoms with E-state index in [-0.39, 0.29) is 12.1 Å². The minimum Gasteiger partial charge on any atom is -0.493 e. The monoisotopic (exact) mass is 321 g/mol. The lowest BCUT2D eigenvalue weighted by Gasteiger charge is -2.29. The third kappa shape index (κ3) is 3.18. The summed E-state index contributed by atoms with van der Waals surface area (Å²) in [7, 11) is 0. The molecule has 2 aromatic rings. The molecule has 0 amide bonds. The first-order chi connectivity index (χ1) is 10.1. The summed E-state index contributed by atoms with van der Waals surface area (Å²) in [5.74, 6) is 0.968. The lowest BCUT2D eigenvalue weighted by atomic mass is 9.98. The van der Waals surface area contributed by atoms with Gasteiger partial charge < -0.3 is 10.1 Å². The van der Waals surface area contributed by atoms with Gasteiger partial charge >= 0.3 is 0 Å². The molecular weight excluding hydrogens is 305 g/mol. The number of ether oxygens (including phenoxy) is 1. The smallest absolute Gasteiger partial charge is 0.124 e. The Hall–Kier alpha value is -1.22. The lowest BCUT2D eigenvalue weighted by molar-refractivity contribution is 0.246. The molecular formula is C17H17Cl2NO. The normalized spacial score (nSPS) is 18.7. The number of para-hydroxylation sites is 1. The molecule has 2 atom stereocenters. The molecule has 0 aliphatic carbocycles. The Bertz CT molecular complexity index is 644. The molecule has 0 radical (unpaired) electrons. The van der Waals surface area contributed by atoms with Crippen molar-refractivity contribution in [1.82, 2.24) is 5.32 Å². The summed E-state index contributed by atoms with van der Waals surface area (Å²) in [5.41, 5.74) is 2.27. The summed E-state index contributed by atoms with van der Waals surface area (Å²) in [6, 6.07) is 14.2. The number of fused-ring (bicyclic) bond motifs is 1. The van der Waals surface area contributed by atoms with Gasteiger partial charge in [0.25, 0.3) is 0 Å². The summed E-state index contributed by atoms with van der Waals surface area (Å²) in [4.78, 5) is 0. The molecule has 3 rings (SSSR count). The third-order valence-corrected chi connectivity index (χ3v) is 4.40. The van der Waals surface area contributed by atoms with Gasteiger partial charge in [-0.25, -0.2) is 0 Å². The van der Waals surface area contributed by atoms with Gasteiger partial charge in [0.2, 0.25) is 0 Å². The van der Waals surface area contributed by atoms with Crippen molar-refractivity contribution in [2.45, 2.75) is 25.4 Å². The van der Waals surface area contributed by atoms with Crippen LogP contribution in [0.4, 0.5) is 0 Å². The minimum absolute atomic E-state index is 0.144. The number of nitrogens with one attached hydrogen (secondary N) is 1. The van der Waals surface area contributed by atoms with Crippen LogP contribution >= 0.6 is 23.2 Å². The van der Waals surface area contributed by atoms with Crippen LogP contribution in [0.1, 0.15) is 36.6 Å². The van der Waals surface area contributed by atoms with E-state index in [0.29, 0.717) is 10.0 Å². The first kappa shape index (κ1) is 14.7. The van der Waals surface area contributed by atoms with Crippen LogP contribution in [0.5, 0.6) is 5.75 Å². The maximum atomic E-state index is 6.29. The maximum Gasteiger partial charge on any atom is 0.124 e. The Morgan fingerprint density at radius 1 is 1.19 bits per heavy atom. The number of hydrogen-bond donors (Lipinski definition) is 1. The Balaban J connectivity index is 1.81. The van der Waals surface area contributed by atoms with Crippen LogP contribution in [0.25, 0.3) is 0 Å². The van der Waals surface area contributed by atoms with Crippen LogP contribution < -0.4 is 10.1 Å². The van der Waals surface area contributed by atoms with E-state index in [1.165, 1.54) is 5.56 Å². The van der Waals surface area contributed by atoms with Crippen LogP contribution in [0.15, 0.2) is 42.5 Å². The van der Waals surface area contributed by atoms with Gasteiger partial charge in [0, 0.05) is 34.1 Å². The molecule has 1 heterocycles. The molecule has 2 nitrogen and oxygen atoms in total. The number of hydrogen-bond acceptors (Lipinski definition) is 2. The Labute approximate surface area is 135 Å². The molecule has 0 bridgehead atoms. The SMILES string of the molecule is CC(NC1CCOc2ccccc21)c1ccc(Cl)cc1Cl. The van der Waals surface area contributed by atoms with Crippen molar-refractivity contribution in [3.63, 3.8) is 0 Å². The van der Waals surface area contributed by atoms with Crippen LogP contribution in [0.3, 0.4) is 0 Å². The highest BCUT2D eigenvalue weighted by atomic mass is 35.5. The van der Waals surface area contributed by atoms with E-state index in [9.17, 15) is 0 Å². The molecule has 2 unspecified atom stereocenters. The van der Waals surface area contributed by atoms with Crippen molar-refractivity contribution >= 4 is 23.2 Å². The Morgan fingerprint density at radius 3 is 2.81 bits per heavy atom. The summed E-state index contributed by atoms with van der Waals surface area (Å²) in [5, 5.41) is 5.00. The highest BCUT2D eigenvalue weighted by Crippen LogP contribution is 2.34. The van der Waals surface area contributed by atoms with Gasteiger partial charge in [-0.2, -0.15) is 0 Å². The molecule has 0 aromatic heterocycles. The van der Waals surface area contributed by atoms with Gasteiger partial charge in [-0.1, -0.05) is 47.5 Å². The number of halogens is 2. The Morgan fingerprint density at radius 2 is 2.00 bits per heavy atom. The molecule has 110 valence electrons. The zero-order valence-corrected chi connectivity index (χ0v) is 13.3. The van der Waals surface area contributed by atoms with Gasteiger partial charge in [0.05, 0.1) is 6.61 Å². The predicted molar refractivity (Wildman–Crippen MR) is 87.3 cm³/mol. The minimum atomic E-state index is 0.144. The Kier molecular flexibility index (Phi) is 4.39. The fraction of sp³-hybridized carbons (Fsp3) is 0.294. The predicted octanol–water partition coefficient (Wildman–Crippen LogP) is 5.17. The van der Waals surface area contributed by atoms with Gasteiger partial charge in [0.1, 0.15) is 5.75 Å². The van der Waals surface area contributed by atoms with Gasteiger partial charge in [-0.05, 0) is 30.7 Å². The van der Waals surface area contributed by atoms with Gasteiger partial charge in [-0.3, -0.25) is 0 Å². The molecule has 1 N–H and O–H groups in total. The lowest BCUT2D eigenvalue weighted by Crippen LogP contribution is -2.29. The molecule has 0 spiro atoms. The first-order valence-corrected chi connectivity index (χ1v) is 7.83. The fourth-order valence-corrected chi connectivity index (χ4v) is 3.33. The second kappa shape index (κ2) is 6.27. The summed E-state index contributed by atoms with van der Waals surface area (Å²) in [6.07, 6.45) is 0.951. The van der Waals surface area contributed by atoms with E-state index >= 15 is 0 Å². The largest absolute Gasteiger partial charge is 0.493 e. The van der Waals surface area contributed by atoms with Crippen molar-refractivity contribution < 1.29 is 4.74 Å². The molecule has 1 aliphatic rings. The first-order valence-electron chi connectivity index (χ1n) is 7.08.